The fourth-order valence-corrected chi connectivity index (χ4v) is 7.66. The molecule has 0 heterocycles. The van der Waals surface area contributed by atoms with E-state index in [-0.39, 0.29) is 31.1 Å². The van der Waals surface area contributed by atoms with Crippen LogP contribution in [0.15, 0.2) is 97.2 Å². The molecule has 0 bridgehead atoms. The third-order valence-corrected chi connectivity index (χ3v) is 12.0. The van der Waals surface area contributed by atoms with Gasteiger partial charge in [0.25, 0.3) is 0 Å². The summed E-state index contributed by atoms with van der Waals surface area (Å²) in [6.07, 6.45) is 75.3. The van der Waals surface area contributed by atoms with Gasteiger partial charge in [0, 0.05) is 19.3 Å². The van der Waals surface area contributed by atoms with Crippen molar-refractivity contribution in [2.24, 2.45) is 0 Å². The molecule has 0 unspecified atom stereocenters. The van der Waals surface area contributed by atoms with Crippen molar-refractivity contribution in [3.05, 3.63) is 97.2 Å². The van der Waals surface area contributed by atoms with Gasteiger partial charge in [0.2, 0.25) is 0 Å². The van der Waals surface area contributed by atoms with E-state index in [1.807, 2.05) is 0 Å². The van der Waals surface area contributed by atoms with Crippen molar-refractivity contribution < 1.29 is 28.6 Å². The molecule has 6 nitrogen and oxygen atoms in total. The molecule has 0 aliphatic rings. The summed E-state index contributed by atoms with van der Waals surface area (Å²) < 4.78 is 16.8. The van der Waals surface area contributed by atoms with E-state index >= 15 is 0 Å². The van der Waals surface area contributed by atoms with Crippen LogP contribution in [0.25, 0.3) is 0 Å². The number of ether oxygens (including phenoxy) is 3. The van der Waals surface area contributed by atoms with Gasteiger partial charge in [0.05, 0.1) is 0 Å². The molecule has 69 heavy (non-hydrogen) atoms. The number of rotatable bonds is 51. The van der Waals surface area contributed by atoms with Gasteiger partial charge in [-0.25, -0.2) is 0 Å². The maximum Gasteiger partial charge on any atom is 0.306 e. The Bertz CT molecular complexity index is 1380. The highest BCUT2D eigenvalue weighted by atomic mass is 16.6. The first kappa shape index (κ1) is 65.3. The second-order valence-corrected chi connectivity index (χ2v) is 18.8. The van der Waals surface area contributed by atoms with Crippen LogP contribution in [0, 0.1) is 0 Å². The summed E-state index contributed by atoms with van der Waals surface area (Å²) in [7, 11) is 0. The highest BCUT2D eigenvalue weighted by Crippen LogP contribution is 2.14. The normalized spacial score (nSPS) is 12.8. The molecule has 0 amide bonds. The number of carbonyl (C=O) groups excluding carboxylic acids is 3. The molecule has 0 rings (SSSR count). The summed E-state index contributed by atoms with van der Waals surface area (Å²) in [5, 5.41) is 0. The molecule has 0 fully saturated rings. The lowest BCUT2D eigenvalue weighted by molar-refractivity contribution is -0.167. The van der Waals surface area contributed by atoms with Crippen molar-refractivity contribution in [1.82, 2.24) is 0 Å². The first-order valence-electron chi connectivity index (χ1n) is 28.7. The number of unbranched alkanes of at least 4 members (excludes halogenated alkanes) is 24. The molecule has 0 N–H and O–H groups in total. The van der Waals surface area contributed by atoms with Crippen LogP contribution in [0.5, 0.6) is 0 Å². The summed E-state index contributed by atoms with van der Waals surface area (Å²) in [5.41, 5.74) is 0. The van der Waals surface area contributed by atoms with E-state index in [2.05, 4.69) is 118 Å². The molecule has 0 aliphatic carbocycles. The van der Waals surface area contributed by atoms with Crippen LogP contribution in [0.1, 0.15) is 265 Å². The Balaban J connectivity index is 4.49. The molecule has 0 aromatic heterocycles. The Labute approximate surface area is 426 Å². The van der Waals surface area contributed by atoms with Crippen molar-refractivity contribution in [2.45, 2.75) is 271 Å². The SMILES string of the molecule is CCCCC/C=C\C/C=C\C/C=C\C/C=C\CCCCCC(=O)OC[C@@H](COC(=O)CCCCCCC/C=C\C/C=C\CCCCC)OC(=O)CCCCCCCCC/C=C\C/C=C\CCCCC. The molecule has 0 saturated heterocycles. The standard InChI is InChI=1S/C63H106O6/c1-4-7-10-13-16-19-22-25-28-30-31-33-35-38-41-44-47-50-53-56-62(65)68-59-60(58-67-61(64)55-52-49-46-43-40-37-34-27-24-21-18-15-12-9-6-3)69-63(66)57-54-51-48-45-42-39-36-32-29-26-23-20-17-14-11-8-5-2/h16-21,25-29,31,33-34,38,41,60H,4-15,22-24,30,32,35-37,39-40,42-59H2,1-3H3/b19-16-,20-17-,21-18-,28-25-,29-26-,33-31-,34-27-,41-38-/t60-/m1/s1. The van der Waals surface area contributed by atoms with Gasteiger partial charge in [-0.3, -0.25) is 14.4 Å². The van der Waals surface area contributed by atoms with E-state index in [9.17, 15) is 14.4 Å². The summed E-state index contributed by atoms with van der Waals surface area (Å²) in [6, 6.07) is 0. The molecule has 0 saturated carbocycles. The highest BCUT2D eigenvalue weighted by Gasteiger charge is 2.19. The van der Waals surface area contributed by atoms with E-state index in [0.717, 1.165) is 122 Å². The molecular weight excluding hydrogens is 853 g/mol. The molecule has 0 aromatic carbocycles. The van der Waals surface area contributed by atoms with Gasteiger partial charge >= 0.3 is 17.9 Å². The second kappa shape index (κ2) is 56.9. The summed E-state index contributed by atoms with van der Waals surface area (Å²) in [5.74, 6) is -0.949. The van der Waals surface area contributed by atoms with Crippen LogP contribution in [0.3, 0.4) is 0 Å². The zero-order chi connectivity index (χ0) is 50.0. The molecule has 394 valence electrons. The molecule has 0 aromatic rings. The van der Waals surface area contributed by atoms with E-state index in [1.54, 1.807) is 0 Å². The molecule has 6 heteroatoms. The summed E-state index contributed by atoms with van der Waals surface area (Å²) in [4.78, 5) is 38.2. The van der Waals surface area contributed by atoms with Crippen LogP contribution < -0.4 is 0 Å². The zero-order valence-electron chi connectivity index (χ0n) is 45.0. The van der Waals surface area contributed by atoms with Gasteiger partial charge in [-0.1, -0.05) is 214 Å². The maximum atomic E-state index is 12.9. The average Bonchev–Trinajstić information content (AvgIpc) is 3.35. The van der Waals surface area contributed by atoms with E-state index < -0.39 is 6.10 Å². The third kappa shape index (κ3) is 55.1. The Morgan fingerprint density at radius 3 is 0.826 bits per heavy atom. The lowest BCUT2D eigenvalue weighted by atomic mass is 10.1. The van der Waals surface area contributed by atoms with Crippen molar-refractivity contribution in [1.29, 1.82) is 0 Å². The smallest absolute Gasteiger partial charge is 0.306 e. The topological polar surface area (TPSA) is 78.9 Å². The molecular formula is C63H106O6. The quantitative estimate of drug-likeness (QED) is 0.0262. The molecule has 0 radical (unpaired) electrons. The summed E-state index contributed by atoms with van der Waals surface area (Å²) in [6.45, 7) is 6.52. The van der Waals surface area contributed by atoms with Crippen LogP contribution >= 0.6 is 0 Å². The minimum Gasteiger partial charge on any atom is -0.462 e. The number of carbonyl (C=O) groups is 3. The zero-order valence-corrected chi connectivity index (χ0v) is 45.0. The Morgan fingerprint density at radius 1 is 0.290 bits per heavy atom. The fourth-order valence-electron chi connectivity index (χ4n) is 7.66. The number of allylic oxidation sites excluding steroid dienone is 16. The molecule has 0 spiro atoms. The monoisotopic (exact) mass is 959 g/mol. The van der Waals surface area contributed by atoms with Crippen molar-refractivity contribution in [3.8, 4) is 0 Å². The van der Waals surface area contributed by atoms with Gasteiger partial charge in [-0.15, -0.1) is 0 Å². The Hall–Kier alpha value is -3.67. The molecule has 1 atom stereocenters. The third-order valence-electron chi connectivity index (χ3n) is 12.0. The van der Waals surface area contributed by atoms with Crippen LogP contribution in [0.4, 0.5) is 0 Å². The largest absolute Gasteiger partial charge is 0.462 e. The lowest BCUT2D eigenvalue weighted by Gasteiger charge is -2.18. The minimum absolute atomic E-state index is 0.0991. The predicted molar refractivity (Wildman–Crippen MR) is 297 cm³/mol. The average molecular weight is 960 g/mol. The van der Waals surface area contributed by atoms with Gasteiger partial charge in [0.15, 0.2) is 6.10 Å². The van der Waals surface area contributed by atoms with Gasteiger partial charge in [0.1, 0.15) is 13.2 Å². The number of hydrogen-bond donors (Lipinski definition) is 0. The maximum absolute atomic E-state index is 12.9. The number of esters is 3. The first-order valence-corrected chi connectivity index (χ1v) is 28.7. The van der Waals surface area contributed by atoms with Gasteiger partial charge < -0.3 is 14.2 Å². The summed E-state index contributed by atoms with van der Waals surface area (Å²) >= 11 is 0. The van der Waals surface area contributed by atoms with Crippen LogP contribution in [-0.4, -0.2) is 37.2 Å². The lowest BCUT2D eigenvalue weighted by Crippen LogP contribution is -2.30. The van der Waals surface area contributed by atoms with Gasteiger partial charge in [-0.2, -0.15) is 0 Å². The van der Waals surface area contributed by atoms with Crippen LogP contribution in [0.2, 0.25) is 0 Å². The Morgan fingerprint density at radius 2 is 0.522 bits per heavy atom. The van der Waals surface area contributed by atoms with Crippen LogP contribution in [-0.2, 0) is 28.6 Å². The Kier molecular flexibility index (Phi) is 53.9. The minimum atomic E-state index is -0.802. The number of hydrogen-bond acceptors (Lipinski definition) is 6. The van der Waals surface area contributed by atoms with E-state index in [0.29, 0.717) is 19.3 Å². The van der Waals surface area contributed by atoms with Crippen molar-refractivity contribution >= 4 is 17.9 Å². The van der Waals surface area contributed by atoms with Gasteiger partial charge in [-0.05, 0) is 128 Å². The molecule has 0 aliphatic heterocycles. The first-order chi connectivity index (χ1) is 34.0. The van der Waals surface area contributed by atoms with E-state index in [4.69, 9.17) is 14.2 Å². The predicted octanol–water partition coefficient (Wildman–Crippen LogP) is 19.3. The van der Waals surface area contributed by atoms with Crippen molar-refractivity contribution in [2.75, 3.05) is 13.2 Å². The second-order valence-electron chi connectivity index (χ2n) is 18.8. The highest BCUT2D eigenvalue weighted by molar-refractivity contribution is 5.71. The van der Waals surface area contributed by atoms with E-state index in [1.165, 1.54) is 103 Å². The van der Waals surface area contributed by atoms with Crippen molar-refractivity contribution in [3.63, 3.8) is 0 Å². The fraction of sp³-hybridized carbons (Fsp3) is 0.698.